The molecule has 2 heterocycles. The van der Waals surface area contributed by atoms with Crippen LogP contribution >= 0.6 is 0 Å². The van der Waals surface area contributed by atoms with Gasteiger partial charge >= 0.3 is 0 Å². The predicted octanol–water partition coefficient (Wildman–Crippen LogP) is -5.40. The Morgan fingerprint density at radius 3 is 1.83 bits per heavy atom. The number of rotatable bonds is 4. The van der Waals surface area contributed by atoms with Crippen molar-refractivity contribution in [3.05, 3.63) is 0 Å². The zero-order valence-corrected chi connectivity index (χ0v) is 12.0. The number of hydrogen-bond donors (Lipinski definition) is 8. The van der Waals surface area contributed by atoms with Gasteiger partial charge in [-0.25, -0.2) is 0 Å². The summed E-state index contributed by atoms with van der Waals surface area (Å²) in [6.45, 7) is -1.35. The van der Waals surface area contributed by atoms with Crippen molar-refractivity contribution in [2.24, 2.45) is 0 Å². The van der Waals surface area contributed by atoms with Crippen LogP contribution in [-0.4, -0.2) is 115 Å². The second-order valence-electron chi connectivity index (χ2n) is 5.53. The molecule has 8 N–H and O–H groups in total. The molecule has 0 bridgehead atoms. The summed E-state index contributed by atoms with van der Waals surface area (Å²) in [7, 11) is 0. The van der Waals surface area contributed by atoms with Crippen LogP contribution in [0.2, 0.25) is 0 Å². The highest BCUT2D eigenvalue weighted by molar-refractivity contribution is 4.93. The Bertz CT molecular complexity index is 378. The third-order valence-corrected chi connectivity index (χ3v) is 3.98. The maximum absolute atomic E-state index is 9.94. The van der Waals surface area contributed by atoms with Crippen LogP contribution in [0.15, 0.2) is 0 Å². The third-order valence-electron chi connectivity index (χ3n) is 3.98. The van der Waals surface area contributed by atoms with Crippen LogP contribution < -0.4 is 0 Å². The van der Waals surface area contributed by atoms with Gasteiger partial charge in [0.2, 0.25) is 0 Å². The SMILES string of the molecule is OC[C@@H]1O[C@@H](O)[C@@H](O)[C@H](O)[C@H]1O[C@H]1O[C@H](CO)[C@H](O)[C@H](O)[C@H]1O. The smallest absolute Gasteiger partial charge is 0.187 e. The Morgan fingerprint density at radius 1 is 0.652 bits per heavy atom. The minimum Gasteiger partial charge on any atom is -0.394 e. The average molecular weight is 342 g/mol. The molecule has 0 amide bonds. The highest BCUT2D eigenvalue weighted by atomic mass is 16.7. The van der Waals surface area contributed by atoms with Gasteiger partial charge in [0.1, 0.15) is 48.8 Å². The molecule has 0 aromatic heterocycles. The van der Waals surface area contributed by atoms with Gasteiger partial charge in [-0.05, 0) is 0 Å². The van der Waals surface area contributed by atoms with E-state index in [0.717, 1.165) is 0 Å². The molecule has 2 saturated heterocycles. The Morgan fingerprint density at radius 2 is 1.26 bits per heavy atom. The average Bonchev–Trinajstić information content (AvgIpc) is 2.55. The van der Waals surface area contributed by atoms with E-state index in [1.807, 2.05) is 0 Å². The molecule has 0 unspecified atom stereocenters. The molecule has 10 atom stereocenters. The molecule has 0 saturated carbocycles. The largest absolute Gasteiger partial charge is 0.394 e. The molecule has 0 aromatic carbocycles. The molecule has 0 spiro atoms. The van der Waals surface area contributed by atoms with E-state index in [9.17, 15) is 35.7 Å². The van der Waals surface area contributed by atoms with Gasteiger partial charge in [-0.1, -0.05) is 0 Å². The second-order valence-corrected chi connectivity index (χ2v) is 5.53. The fourth-order valence-corrected chi connectivity index (χ4v) is 2.57. The van der Waals surface area contributed by atoms with Crippen molar-refractivity contribution in [1.29, 1.82) is 0 Å². The van der Waals surface area contributed by atoms with Crippen molar-refractivity contribution in [1.82, 2.24) is 0 Å². The van der Waals surface area contributed by atoms with E-state index in [2.05, 4.69) is 0 Å². The third kappa shape index (κ3) is 3.65. The number of aliphatic hydroxyl groups is 8. The summed E-state index contributed by atoms with van der Waals surface area (Å²) in [6, 6.07) is 0. The van der Waals surface area contributed by atoms with Crippen molar-refractivity contribution in [3.63, 3.8) is 0 Å². The zero-order valence-electron chi connectivity index (χ0n) is 12.0. The molecule has 136 valence electrons. The maximum Gasteiger partial charge on any atom is 0.187 e. The molecule has 2 aliphatic rings. The minimum absolute atomic E-state index is 0.667. The van der Waals surface area contributed by atoms with Gasteiger partial charge in [-0.2, -0.15) is 0 Å². The number of ether oxygens (including phenoxy) is 3. The molecular weight excluding hydrogens is 320 g/mol. The van der Waals surface area contributed by atoms with Crippen molar-refractivity contribution < 1.29 is 55.1 Å². The van der Waals surface area contributed by atoms with Crippen molar-refractivity contribution in [2.45, 2.75) is 61.4 Å². The standard InChI is InChI=1S/C12H22O11/c13-1-3-5(15)6(16)9(19)12(22-3)23-10-4(2-14)21-11(20)8(18)7(10)17/h3-20H,1-2H2/t3-,4+,5+,6+,7+,8+,9-,10+,11-,12-/m1/s1. The fraction of sp³-hybridized carbons (Fsp3) is 1.00. The van der Waals surface area contributed by atoms with E-state index in [-0.39, 0.29) is 0 Å². The minimum atomic E-state index is -1.74. The Labute approximate surface area is 130 Å². The van der Waals surface area contributed by atoms with Crippen LogP contribution in [0.5, 0.6) is 0 Å². The summed E-state index contributed by atoms with van der Waals surface area (Å²) in [4.78, 5) is 0. The van der Waals surface area contributed by atoms with Crippen LogP contribution in [0.25, 0.3) is 0 Å². The van der Waals surface area contributed by atoms with Gasteiger partial charge in [0, 0.05) is 0 Å². The van der Waals surface area contributed by atoms with Crippen molar-refractivity contribution >= 4 is 0 Å². The first-order valence-electron chi connectivity index (χ1n) is 7.08. The fourth-order valence-electron chi connectivity index (χ4n) is 2.57. The Hall–Kier alpha value is -0.440. The van der Waals surface area contributed by atoms with E-state index >= 15 is 0 Å². The molecule has 2 aliphatic heterocycles. The van der Waals surface area contributed by atoms with E-state index in [1.54, 1.807) is 0 Å². The van der Waals surface area contributed by atoms with Crippen LogP contribution in [0, 0.1) is 0 Å². The van der Waals surface area contributed by atoms with Crippen molar-refractivity contribution in [2.75, 3.05) is 13.2 Å². The molecule has 2 fully saturated rings. The molecule has 0 aliphatic carbocycles. The normalized spacial score (nSPS) is 51.7. The number of hydrogen-bond acceptors (Lipinski definition) is 11. The quantitative estimate of drug-likeness (QED) is 0.243. The van der Waals surface area contributed by atoms with E-state index < -0.39 is 74.6 Å². The highest BCUT2D eigenvalue weighted by Crippen LogP contribution is 2.28. The van der Waals surface area contributed by atoms with Gasteiger partial charge in [-0.3, -0.25) is 0 Å². The van der Waals surface area contributed by atoms with E-state index in [1.165, 1.54) is 0 Å². The molecular formula is C12H22O11. The van der Waals surface area contributed by atoms with E-state index in [4.69, 9.17) is 19.3 Å². The summed E-state index contributed by atoms with van der Waals surface area (Å²) >= 11 is 0. The summed E-state index contributed by atoms with van der Waals surface area (Å²) in [6.07, 6.45) is -15.6. The first-order valence-corrected chi connectivity index (χ1v) is 7.08. The topological polar surface area (TPSA) is 190 Å². The lowest BCUT2D eigenvalue weighted by atomic mass is 9.97. The molecule has 0 radical (unpaired) electrons. The van der Waals surface area contributed by atoms with Gasteiger partial charge in [0.25, 0.3) is 0 Å². The van der Waals surface area contributed by atoms with Gasteiger partial charge < -0.3 is 55.1 Å². The second kappa shape index (κ2) is 7.63. The lowest BCUT2D eigenvalue weighted by Gasteiger charge is -2.45. The Kier molecular flexibility index (Phi) is 6.27. The lowest BCUT2D eigenvalue weighted by molar-refractivity contribution is -0.355. The molecule has 2 rings (SSSR count). The molecule has 11 nitrogen and oxygen atoms in total. The van der Waals surface area contributed by atoms with Crippen molar-refractivity contribution in [3.8, 4) is 0 Å². The summed E-state index contributed by atoms with van der Waals surface area (Å²) in [5.41, 5.74) is 0. The zero-order chi connectivity index (χ0) is 17.3. The summed E-state index contributed by atoms with van der Waals surface area (Å²) in [5.74, 6) is 0. The molecule has 11 heteroatoms. The Balaban J connectivity index is 2.11. The van der Waals surface area contributed by atoms with Crippen LogP contribution in [-0.2, 0) is 14.2 Å². The summed E-state index contributed by atoms with van der Waals surface area (Å²) < 4.78 is 15.3. The van der Waals surface area contributed by atoms with Crippen LogP contribution in [0.4, 0.5) is 0 Å². The first-order chi connectivity index (χ1) is 10.8. The molecule has 23 heavy (non-hydrogen) atoms. The first kappa shape index (κ1) is 18.9. The summed E-state index contributed by atoms with van der Waals surface area (Å²) in [5, 5.41) is 76.5. The monoisotopic (exact) mass is 342 g/mol. The highest BCUT2D eigenvalue weighted by Gasteiger charge is 2.50. The van der Waals surface area contributed by atoms with Gasteiger partial charge in [0.05, 0.1) is 13.2 Å². The molecule has 0 aromatic rings. The van der Waals surface area contributed by atoms with E-state index in [0.29, 0.717) is 0 Å². The van der Waals surface area contributed by atoms with Crippen LogP contribution in [0.1, 0.15) is 0 Å². The van der Waals surface area contributed by atoms with Crippen LogP contribution in [0.3, 0.4) is 0 Å². The van der Waals surface area contributed by atoms with Gasteiger partial charge in [-0.15, -0.1) is 0 Å². The maximum atomic E-state index is 9.94. The number of aliphatic hydroxyl groups excluding tert-OH is 8. The van der Waals surface area contributed by atoms with Gasteiger partial charge in [0.15, 0.2) is 12.6 Å². The predicted molar refractivity (Wildman–Crippen MR) is 68.6 cm³/mol. The lowest BCUT2D eigenvalue weighted by Crippen LogP contribution is -2.64.